The molecular formula is C11H19NS. The molecule has 0 saturated heterocycles. The summed E-state index contributed by atoms with van der Waals surface area (Å²) < 4.78 is 0. The van der Waals surface area contributed by atoms with Gasteiger partial charge in [-0.25, -0.2) is 0 Å². The number of allylic oxidation sites excluding steroid dienone is 1. The van der Waals surface area contributed by atoms with Gasteiger partial charge in [-0.15, -0.1) is 0 Å². The van der Waals surface area contributed by atoms with Crippen LogP contribution < -0.4 is 5.73 Å². The Labute approximate surface area is 85.2 Å². The Hall–Kier alpha value is 0.0500. The van der Waals surface area contributed by atoms with Crippen LogP contribution in [0.25, 0.3) is 0 Å². The zero-order chi connectivity index (χ0) is 9.10. The first-order valence-electron chi connectivity index (χ1n) is 5.42. The lowest BCUT2D eigenvalue weighted by Crippen LogP contribution is -2.16. The summed E-state index contributed by atoms with van der Waals surface area (Å²) in [7, 11) is 0. The van der Waals surface area contributed by atoms with E-state index >= 15 is 0 Å². The van der Waals surface area contributed by atoms with Crippen molar-refractivity contribution in [1.82, 2.24) is 0 Å². The molecule has 2 aliphatic carbocycles. The summed E-state index contributed by atoms with van der Waals surface area (Å²) in [6, 6.07) is 0.491. The topological polar surface area (TPSA) is 26.0 Å². The van der Waals surface area contributed by atoms with E-state index in [1.807, 2.05) is 0 Å². The molecule has 0 heterocycles. The highest BCUT2D eigenvalue weighted by atomic mass is 32.2. The Morgan fingerprint density at radius 3 is 2.77 bits per heavy atom. The van der Waals surface area contributed by atoms with Crippen molar-refractivity contribution in [2.24, 2.45) is 5.73 Å². The number of rotatable bonds is 2. The SMILES string of the molecule is NC1CCC(SC2C=CCCC2)C1. The Morgan fingerprint density at radius 2 is 2.15 bits per heavy atom. The molecule has 74 valence electrons. The van der Waals surface area contributed by atoms with Gasteiger partial charge in [0.1, 0.15) is 0 Å². The molecule has 0 bridgehead atoms. The summed E-state index contributed by atoms with van der Waals surface area (Å²) in [4.78, 5) is 0. The lowest BCUT2D eigenvalue weighted by molar-refractivity contribution is 0.704. The Morgan fingerprint density at radius 1 is 1.23 bits per heavy atom. The molecule has 2 heteroatoms. The van der Waals surface area contributed by atoms with Crippen molar-refractivity contribution in [2.75, 3.05) is 0 Å². The minimum absolute atomic E-state index is 0.491. The van der Waals surface area contributed by atoms with Crippen molar-refractivity contribution in [3.63, 3.8) is 0 Å². The highest BCUT2D eigenvalue weighted by Gasteiger charge is 2.24. The maximum Gasteiger partial charge on any atom is 0.0229 e. The lowest BCUT2D eigenvalue weighted by atomic mass is 10.1. The van der Waals surface area contributed by atoms with E-state index < -0.39 is 0 Å². The summed E-state index contributed by atoms with van der Waals surface area (Å²) in [6.45, 7) is 0. The van der Waals surface area contributed by atoms with Crippen molar-refractivity contribution in [2.45, 2.75) is 55.1 Å². The van der Waals surface area contributed by atoms with Crippen LogP contribution in [-0.2, 0) is 0 Å². The molecule has 0 aromatic heterocycles. The molecule has 3 unspecified atom stereocenters. The van der Waals surface area contributed by atoms with E-state index in [-0.39, 0.29) is 0 Å². The van der Waals surface area contributed by atoms with Gasteiger partial charge in [0.15, 0.2) is 0 Å². The fraction of sp³-hybridized carbons (Fsp3) is 0.818. The lowest BCUT2D eigenvalue weighted by Gasteiger charge is -2.19. The molecule has 1 saturated carbocycles. The van der Waals surface area contributed by atoms with E-state index in [1.165, 1.54) is 38.5 Å². The summed E-state index contributed by atoms with van der Waals surface area (Å²) in [5, 5.41) is 1.65. The van der Waals surface area contributed by atoms with Crippen LogP contribution in [0.15, 0.2) is 12.2 Å². The standard InChI is InChI=1S/C11H19NS/c12-9-6-7-11(8-9)13-10-4-2-1-3-5-10/h2,4,9-11H,1,3,5-8,12H2. The van der Waals surface area contributed by atoms with Gasteiger partial charge in [-0.05, 0) is 38.5 Å². The molecule has 0 spiro atoms. The van der Waals surface area contributed by atoms with Gasteiger partial charge < -0.3 is 5.73 Å². The van der Waals surface area contributed by atoms with E-state index in [4.69, 9.17) is 5.73 Å². The fourth-order valence-corrected chi connectivity index (χ4v) is 3.87. The van der Waals surface area contributed by atoms with Crippen LogP contribution >= 0.6 is 11.8 Å². The molecule has 2 rings (SSSR count). The van der Waals surface area contributed by atoms with Gasteiger partial charge >= 0.3 is 0 Å². The summed E-state index contributed by atoms with van der Waals surface area (Å²) in [5.41, 5.74) is 5.90. The maximum absolute atomic E-state index is 5.90. The predicted molar refractivity (Wildman–Crippen MR) is 60.0 cm³/mol. The van der Waals surface area contributed by atoms with Gasteiger partial charge in [0.25, 0.3) is 0 Å². The Bertz CT molecular complexity index is 191. The maximum atomic E-state index is 5.90. The fourth-order valence-electron chi connectivity index (χ4n) is 2.24. The van der Waals surface area contributed by atoms with Gasteiger partial charge in [-0.3, -0.25) is 0 Å². The highest BCUT2D eigenvalue weighted by Crippen LogP contribution is 2.35. The number of thioether (sulfide) groups is 1. The van der Waals surface area contributed by atoms with Crippen LogP contribution in [0.5, 0.6) is 0 Å². The second kappa shape index (κ2) is 4.52. The number of hydrogen-bond donors (Lipinski definition) is 1. The van der Waals surface area contributed by atoms with Crippen LogP contribution in [0.3, 0.4) is 0 Å². The van der Waals surface area contributed by atoms with Crippen LogP contribution in [0.4, 0.5) is 0 Å². The van der Waals surface area contributed by atoms with Gasteiger partial charge in [-0.2, -0.15) is 11.8 Å². The summed E-state index contributed by atoms with van der Waals surface area (Å²) >= 11 is 2.17. The van der Waals surface area contributed by atoms with Crippen molar-refractivity contribution in [1.29, 1.82) is 0 Å². The zero-order valence-electron chi connectivity index (χ0n) is 8.11. The number of nitrogens with two attached hydrogens (primary N) is 1. The first-order valence-corrected chi connectivity index (χ1v) is 6.36. The molecule has 0 aromatic carbocycles. The van der Waals surface area contributed by atoms with Gasteiger partial charge in [-0.1, -0.05) is 12.2 Å². The Balaban J connectivity index is 1.77. The van der Waals surface area contributed by atoms with E-state index in [2.05, 4.69) is 23.9 Å². The van der Waals surface area contributed by atoms with Gasteiger partial charge in [0, 0.05) is 16.5 Å². The molecule has 1 fully saturated rings. The third-order valence-corrected chi connectivity index (χ3v) is 4.56. The molecule has 3 atom stereocenters. The second-order valence-electron chi connectivity index (χ2n) is 4.23. The zero-order valence-corrected chi connectivity index (χ0v) is 8.93. The minimum Gasteiger partial charge on any atom is -0.328 e. The smallest absolute Gasteiger partial charge is 0.0229 e. The molecule has 0 amide bonds. The third-order valence-electron chi connectivity index (χ3n) is 3.00. The van der Waals surface area contributed by atoms with Crippen LogP contribution in [0.1, 0.15) is 38.5 Å². The molecule has 0 radical (unpaired) electrons. The molecule has 0 aliphatic heterocycles. The normalized spacial score (nSPS) is 39.6. The monoisotopic (exact) mass is 197 g/mol. The molecule has 2 N–H and O–H groups in total. The van der Waals surface area contributed by atoms with Crippen LogP contribution in [0.2, 0.25) is 0 Å². The summed E-state index contributed by atoms with van der Waals surface area (Å²) in [6.07, 6.45) is 12.6. The van der Waals surface area contributed by atoms with Crippen molar-refractivity contribution in [3.8, 4) is 0 Å². The molecule has 2 aliphatic rings. The Kier molecular flexibility index (Phi) is 3.33. The predicted octanol–water partition coefficient (Wildman–Crippen LogP) is 2.71. The summed E-state index contributed by atoms with van der Waals surface area (Å²) in [5.74, 6) is 0. The second-order valence-corrected chi connectivity index (χ2v) is 5.77. The molecule has 0 aromatic rings. The van der Waals surface area contributed by atoms with Crippen LogP contribution in [0, 0.1) is 0 Å². The van der Waals surface area contributed by atoms with Gasteiger partial charge in [0.05, 0.1) is 0 Å². The van der Waals surface area contributed by atoms with E-state index in [0.717, 1.165) is 10.5 Å². The van der Waals surface area contributed by atoms with E-state index in [9.17, 15) is 0 Å². The van der Waals surface area contributed by atoms with Crippen LogP contribution in [-0.4, -0.2) is 16.5 Å². The average molecular weight is 197 g/mol. The quantitative estimate of drug-likeness (QED) is 0.689. The van der Waals surface area contributed by atoms with Crippen molar-refractivity contribution in [3.05, 3.63) is 12.2 Å². The van der Waals surface area contributed by atoms with E-state index in [0.29, 0.717) is 6.04 Å². The molecule has 13 heavy (non-hydrogen) atoms. The van der Waals surface area contributed by atoms with Crippen molar-refractivity contribution < 1.29 is 0 Å². The molecular weight excluding hydrogens is 178 g/mol. The van der Waals surface area contributed by atoms with Gasteiger partial charge in [0.2, 0.25) is 0 Å². The minimum atomic E-state index is 0.491. The average Bonchev–Trinajstić information content (AvgIpc) is 2.53. The van der Waals surface area contributed by atoms with E-state index in [1.54, 1.807) is 0 Å². The largest absolute Gasteiger partial charge is 0.328 e. The first-order chi connectivity index (χ1) is 6.34. The third kappa shape index (κ3) is 2.75. The number of hydrogen-bond acceptors (Lipinski definition) is 2. The first kappa shape index (κ1) is 9.60. The highest BCUT2D eigenvalue weighted by molar-refractivity contribution is 8.00. The van der Waals surface area contributed by atoms with Crippen molar-refractivity contribution >= 4 is 11.8 Å². The molecule has 1 nitrogen and oxygen atoms in total.